The summed E-state index contributed by atoms with van der Waals surface area (Å²) >= 11 is 0. The van der Waals surface area contributed by atoms with Crippen molar-refractivity contribution in [2.75, 3.05) is 7.11 Å². The minimum atomic E-state index is -0.763. The molecule has 2 rings (SSSR count). The van der Waals surface area contributed by atoms with Crippen LogP contribution in [0.1, 0.15) is 37.7 Å². The fraction of sp³-hybridized carbons (Fsp3) is 0.538. The van der Waals surface area contributed by atoms with Gasteiger partial charge < -0.3 is 15.6 Å². The summed E-state index contributed by atoms with van der Waals surface area (Å²) in [4.78, 5) is 0. The van der Waals surface area contributed by atoms with Crippen LogP contribution in [-0.2, 0) is 5.54 Å². The molecule has 0 heterocycles. The fourth-order valence-corrected chi connectivity index (χ4v) is 2.61. The zero-order chi connectivity index (χ0) is 12.5. The predicted molar refractivity (Wildman–Crippen MR) is 63.6 cm³/mol. The molecule has 0 saturated heterocycles. The van der Waals surface area contributed by atoms with Gasteiger partial charge in [-0.05, 0) is 25.0 Å². The van der Waals surface area contributed by atoms with Crippen molar-refractivity contribution in [3.8, 4) is 11.5 Å². The van der Waals surface area contributed by atoms with Gasteiger partial charge in [-0.3, -0.25) is 0 Å². The maximum atomic E-state index is 14.2. The number of ether oxygens (including phenoxy) is 1. The molecule has 3 nitrogen and oxygen atoms in total. The summed E-state index contributed by atoms with van der Waals surface area (Å²) in [6.07, 6.45) is 4.44. The summed E-state index contributed by atoms with van der Waals surface area (Å²) in [6.45, 7) is 0. The van der Waals surface area contributed by atoms with Crippen LogP contribution in [0.3, 0.4) is 0 Å². The van der Waals surface area contributed by atoms with Crippen LogP contribution in [0, 0.1) is 5.82 Å². The third kappa shape index (κ3) is 2.09. The van der Waals surface area contributed by atoms with Gasteiger partial charge in [0.2, 0.25) is 0 Å². The van der Waals surface area contributed by atoms with E-state index in [2.05, 4.69) is 0 Å². The van der Waals surface area contributed by atoms with Gasteiger partial charge in [-0.25, -0.2) is 4.39 Å². The van der Waals surface area contributed by atoms with Crippen molar-refractivity contribution in [1.29, 1.82) is 0 Å². The molecule has 1 saturated carbocycles. The topological polar surface area (TPSA) is 55.5 Å². The zero-order valence-corrected chi connectivity index (χ0v) is 10.0. The van der Waals surface area contributed by atoms with Crippen LogP contribution in [0.15, 0.2) is 12.1 Å². The Kier molecular flexibility index (Phi) is 3.24. The minimum absolute atomic E-state index is 0.0762. The molecule has 0 spiro atoms. The largest absolute Gasteiger partial charge is 0.507 e. The van der Waals surface area contributed by atoms with Gasteiger partial charge in [-0.2, -0.15) is 0 Å². The van der Waals surface area contributed by atoms with Crippen LogP contribution >= 0.6 is 0 Å². The van der Waals surface area contributed by atoms with E-state index in [1.807, 2.05) is 0 Å². The number of hydrogen-bond donors (Lipinski definition) is 2. The number of phenolic OH excluding ortho intramolecular Hbond substituents is 1. The van der Waals surface area contributed by atoms with Crippen LogP contribution in [0.2, 0.25) is 0 Å². The summed E-state index contributed by atoms with van der Waals surface area (Å²) in [7, 11) is 1.41. The van der Waals surface area contributed by atoms with E-state index >= 15 is 0 Å². The molecule has 4 heteroatoms. The number of methoxy groups -OCH3 is 1. The molecule has 3 N–H and O–H groups in total. The first-order valence-electron chi connectivity index (χ1n) is 5.93. The number of halogens is 1. The Morgan fingerprint density at radius 3 is 2.53 bits per heavy atom. The highest BCUT2D eigenvalue weighted by atomic mass is 19.1. The van der Waals surface area contributed by atoms with Gasteiger partial charge in [0, 0.05) is 5.54 Å². The van der Waals surface area contributed by atoms with E-state index < -0.39 is 11.4 Å². The molecule has 1 aromatic carbocycles. The summed E-state index contributed by atoms with van der Waals surface area (Å²) in [5.41, 5.74) is 5.69. The number of phenols is 1. The molecule has 0 aromatic heterocycles. The second kappa shape index (κ2) is 4.53. The van der Waals surface area contributed by atoms with Crippen molar-refractivity contribution < 1.29 is 14.2 Å². The Bertz CT molecular complexity index is 414. The van der Waals surface area contributed by atoms with Gasteiger partial charge in [0.15, 0.2) is 11.6 Å². The zero-order valence-electron chi connectivity index (χ0n) is 10.0. The number of aromatic hydroxyl groups is 1. The lowest BCUT2D eigenvalue weighted by atomic mass is 9.77. The molecule has 1 aliphatic carbocycles. The lowest BCUT2D eigenvalue weighted by molar-refractivity contribution is 0.276. The van der Waals surface area contributed by atoms with Gasteiger partial charge in [0.1, 0.15) is 5.75 Å². The molecule has 0 unspecified atom stereocenters. The fourth-order valence-electron chi connectivity index (χ4n) is 2.61. The molecule has 94 valence electrons. The standard InChI is InChI=1S/C13H18FNO2/c1-17-10-6-5-9(16)11(12(10)14)13(15)7-3-2-4-8-13/h5-6,16H,2-4,7-8,15H2,1H3. The molecular formula is C13H18FNO2. The Labute approximate surface area is 100 Å². The summed E-state index contributed by atoms with van der Waals surface area (Å²) in [6, 6.07) is 2.86. The molecular weight excluding hydrogens is 221 g/mol. The van der Waals surface area contributed by atoms with Crippen molar-refractivity contribution >= 4 is 0 Å². The molecule has 0 amide bonds. The molecule has 0 aliphatic heterocycles. The van der Waals surface area contributed by atoms with E-state index in [4.69, 9.17) is 10.5 Å². The second-order valence-corrected chi connectivity index (χ2v) is 4.69. The molecule has 0 atom stereocenters. The van der Waals surface area contributed by atoms with Crippen LogP contribution < -0.4 is 10.5 Å². The van der Waals surface area contributed by atoms with E-state index in [9.17, 15) is 9.50 Å². The summed E-state index contributed by atoms with van der Waals surface area (Å²) in [5.74, 6) is -0.474. The maximum Gasteiger partial charge on any atom is 0.173 e. The number of nitrogens with two attached hydrogens (primary N) is 1. The Morgan fingerprint density at radius 1 is 1.29 bits per heavy atom. The summed E-state index contributed by atoms with van der Waals surface area (Å²) in [5, 5.41) is 9.85. The number of hydrogen-bond acceptors (Lipinski definition) is 3. The van der Waals surface area contributed by atoms with Crippen molar-refractivity contribution in [3.63, 3.8) is 0 Å². The van der Waals surface area contributed by atoms with E-state index in [1.165, 1.54) is 19.2 Å². The van der Waals surface area contributed by atoms with E-state index in [-0.39, 0.29) is 17.1 Å². The Balaban J connectivity index is 2.49. The Hall–Kier alpha value is -1.29. The maximum absolute atomic E-state index is 14.2. The van der Waals surface area contributed by atoms with Crippen LogP contribution in [0.25, 0.3) is 0 Å². The average Bonchev–Trinajstić information content (AvgIpc) is 2.30. The van der Waals surface area contributed by atoms with Gasteiger partial charge >= 0.3 is 0 Å². The van der Waals surface area contributed by atoms with Crippen LogP contribution in [-0.4, -0.2) is 12.2 Å². The Morgan fingerprint density at radius 2 is 1.94 bits per heavy atom. The molecule has 1 aliphatic rings. The third-order valence-electron chi connectivity index (χ3n) is 3.55. The highest BCUT2D eigenvalue weighted by Gasteiger charge is 2.35. The highest BCUT2D eigenvalue weighted by Crippen LogP contribution is 2.42. The molecule has 1 fully saturated rings. The third-order valence-corrected chi connectivity index (χ3v) is 3.55. The SMILES string of the molecule is COc1ccc(O)c(C2(N)CCCCC2)c1F. The van der Waals surface area contributed by atoms with E-state index in [0.717, 1.165) is 19.3 Å². The second-order valence-electron chi connectivity index (χ2n) is 4.69. The molecule has 1 aromatic rings. The van der Waals surface area contributed by atoms with Crippen LogP contribution in [0.5, 0.6) is 11.5 Å². The highest BCUT2D eigenvalue weighted by molar-refractivity contribution is 5.45. The number of rotatable bonds is 2. The quantitative estimate of drug-likeness (QED) is 0.834. The van der Waals surface area contributed by atoms with Crippen molar-refractivity contribution in [2.45, 2.75) is 37.6 Å². The normalized spacial score (nSPS) is 19.0. The first-order valence-corrected chi connectivity index (χ1v) is 5.93. The van der Waals surface area contributed by atoms with Crippen molar-refractivity contribution in [2.24, 2.45) is 5.73 Å². The van der Waals surface area contributed by atoms with Gasteiger partial charge in [-0.15, -0.1) is 0 Å². The van der Waals surface area contributed by atoms with E-state index in [1.54, 1.807) is 0 Å². The number of benzene rings is 1. The van der Waals surface area contributed by atoms with Gasteiger partial charge in [0.05, 0.1) is 12.7 Å². The first kappa shape index (κ1) is 12.2. The minimum Gasteiger partial charge on any atom is -0.507 e. The average molecular weight is 239 g/mol. The van der Waals surface area contributed by atoms with Crippen molar-refractivity contribution in [1.82, 2.24) is 0 Å². The molecule has 0 radical (unpaired) electrons. The molecule has 0 bridgehead atoms. The van der Waals surface area contributed by atoms with Crippen molar-refractivity contribution in [3.05, 3.63) is 23.5 Å². The van der Waals surface area contributed by atoms with E-state index in [0.29, 0.717) is 12.8 Å². The van der Waals surface area contributed by atoms with Gasteiger partial charge in [-0.1, -0.05) is 19.3 Å². The van der Waals surface area contributed by atoms with Gasteiger partial charge in [0.25, 0.3) is 0 Å². The first-order chi connectivity index (χ1) is 8.08. The smallest absolute Gasteiger partial charge is 0.173 e. The summed E-state index contributed by atoms with van der Waals surface area (Å²) < 4.78 is 19.1. The molecule has 17 heavy (non-hydrogen) atoms. The lowest BCUT2D eigenvalue weighted by Crippen LogP contribution is -2.39. The predicted octanol–water partition coefficient (Wildman–Crippen LogP) is 2.66. The monoisotopic (exact) mass is 239 g/mol. The van der Waals surface area contributed by atoms with Crippen LogP contribution in [0.4, 0.5) is 4.39 Å². The lowest BCUT2D eigenvalue weighted by Gasteiger charge is -2.34.